The fourth-order valence-corrected chi connectivity index (χ4v) is 3.23. The number of aromatic nitrogens is 5. The molecular formula is C19H15N5O. The highest BCUT2D eigenvalue weighted by Gasteiger charge is 2.15. The van der Waals surface area contributed by atoms with E-state index in [4.69, 9.17) is 4.52 Å². The van der Waals surface area contributed by atoms with E-state index in [1.54, 1.807) is 6.20 Å². The SMILES string of the molecule is Cc1cc2cccc(-c3noc(Cc4c[nH]c5cccnc45)n3)c2[nH]1. The summed E-state index contributed by atoms with van der Waals surface area (Å²) in [5.41, 5.74) is 6.06. The Morgan fingerprint density at radius 1 is 1.16 bits per heavy atom. The van der Waals surface area contributed by atoms with Gasteiger partial charge in [-0.2, -0.15) is 4.98 Å². The predicted octanol–water partition coefficient (Wildman–Crippen LogP) is 3.99. The standard InChI is InChI=1S/C19H15N5O/c1-11-8-12-4-2-5-14(17(12)22-11)19-23-16(25-24-19)9-13-10-21-15-6-3-7-20-18(13)15/h2-8,10,21-22H,9H2,1H3. The first-order valence-corrected chi connectivity index (χ1v) is 8.10. The number of H-pyrrole nitrogens is 2. The van der Waals surface area contributed by atoms with Gasteiger partial charge in [-0.05, 0) is 31.2 Å². The summed E-state index contributed by atoms with van der Waals surface area (Å²) in [5, 5.41) is 5.31. The zero-order valence-electron chi connectivity index (χ0n) is 13.6. The molecule has 5 rings (SSSR count). The number of nitrogens with one attached hydrogen (secondary N) is 2. The normalized spacial score (nSPS) is 11.6. The van der Waals surface area contributed by atoms with E-state index < -0.39 is 0 Å². The smallest absolute Gasteiger partial charge is 0.231 e. The molecule has 2 N–H and O–H groups in total. The summed E-state index contributed by atoms with van der Waals surface area (Å²) in [7, 11) is 0. The van der Waals surface area contributed by atoms with E-state index in [1.807, 2.05) is 37.4 Å². The third-order valence-corrected chi connectivity index (χ3v) is 4.36. The first-order chi connectivity index (χ1) is 12.3. The summed E-state index contributed by atoms with van der Waals surface area (Å²) >= 11 is 0. The van der Waals surface area contributed by atoms with E-state index in [9.17, 15) is 0 Å². The van der Waals surface area contributed by atoms with Crippen LogP contribution in [0.25, 0.3) is 33.3 Å². The maximum Gasteiger partial charge on any atom is 0.231 e. The summed E-state index contributed by atoms with van der Waals surface area (Å²) in [6.07, 6.45) is 4.27. The molecule has 25 heavy (non-hydrogen) atoms. The highest BCUT2D eigenvalue weighted by atomic mass is 16.5. The van der Waals surface area contributed by atoms with Gasteiger partial charge in [0, 0.05) is 34.6 Å². The van der Waals surface area contributed by atoms with Crippen molar-refractivity contribution >= 4 is 21.9 Å². The van der Waals surface area contributed by atoms with Crippen LogP contribution in [0.15, 0.2) is 53.3 Å². The average molecular weight is 329 g/mol. The third kappa shape index (κ3) is 2.30. The van der Waals surface area contributed by atoms with E-state index >= 15 is 0 Å². The van der Waals surface area contributed by atoms with E-state index in [1.165, 1.54) is 0 Å². The number of benzene rings is 1. The highest BCUT2D eigenvalue weighted by Crippen LogP contribution is 2.27. The zero-order chi connectivity index (χ0) is 16.8. The quantitative estimate of drug-likeness (QED) is 0.524. The van der Waals surface area contributed by atoms with Crippen molar-refractivity contribution in [3.63, 3.8) is 0 Å². The molecule has 6 heteroatoms. The van der Waals surface area contributed by atoms with Crippen LogP contribution in [0.1, 0.15) is 17.1 Å². The maximum absolute atomic E-state index is 5.48. The van der Waals surface area contributed by atoms with E-state index in [-0.39, 0.29) is 0 Å². The van der Waals surface area contributed by atoms with E-state index in [0.29, 0.717) is 18.1 Å². The predicted molar refractivity (Wildman–Crippen MR) is 95.2 cm³/mol. The average Bonchev–Trinajstić information content (AvgIpc) is 3.33. The minimum atomic E-state index is 0.545. The van der Waals surface area contributed by atoms with Crippen molar-refractivity contribution in [1.82, 2.24) is 25.1 Å². The third-order valence-electron chi connectivity index (χ3n) is 4.36. The monoisotopic (exact) mass is 329 g/mol. The van der Waals surface area contributed by atoms with Crippen molar-refractivity contribution < 1.29 is 4.52 Å². The van der Waals surface area contributed by atoms with Crippen molar-refractivity contribution in [2.45, 2.75) is 13.3 Å². The second kappa shape index (κ2) is 5.31. The molecule has 0 amide bonds. The number of nitrogens with zero attached hydrogens (tertiary/aromatic N) is 3. The summed E-state index contributed by atoms with van der Waals surface area (Å²) in [6.45, 7) is 2.04. The summed E-state index contributed by atoms with van der Waals surface area (Å²) in [4.78, 5) is 15.6. The Labute approximate surface area is 142 Å². The van der Waals surface area contributed by atoms with Gasteiger partial charge in [0.05, 0.1) is 23.0 Å². The van der Waals surface area contributed by atoms with Gasteiger partial charge in [-0.15, -0.1) is 0 Å². The molecule has 0 fully saturated rings. The minimum Gasteiger partial charge on any atom is -0.360 e. The van der Waals surface area contributed by atoms with Crippen LogP contribution in [0.2, 0.25) is 0 Å². The minimum absolute atomic E-state index is 0.545. The lowest BCUT2D eigenvalue weighted by Gasteiger charge is -1.97. The molecule has 1 aromatic carbocycles. The molecule has 0 saturated carbocycles. The van der Waals surface area contributed by atoms with Gasteiger partial charge in [0.1, 0.15) is 0 Å². The molecule has 4 heterocycles. The number of para-hydroxylation sites is 1. The Hall–Kier alpha value is -3.41. The van der Waals surface area contributed by atoms with Gasteiger partial charge in [-0.1, -0.05) is 17.3 Å². The van der Waals surface area contributed by atoms with Gasteiger partial charge in [0.15, 0.2) is 0 Å². The zero-order valence-corrected chi connectivity index (χ0v) is 13.6. The van der Waals surface area contributed by atoms with Crippen molar-refractivity contribution in [2.24, 2.45) is 0 Å². The number of aromatic amines is 2. The van der Waals surface area contributed by atoms with Crippen LogP contribution in [-0.2, 0) is 6.42 Å². The first-order valence-electron chi connectivity index (χ1n) is 8.10. The molecule has 0 aliphatic heterocycles. The lowest BCUT2D eigenvalue weighted by molar-refractivity contribution is 0.386. The molecule has 0 aliphatic carbocycles. The largest absolute Gasteiger partial charge is 0.360 e. The topological polar surface area (TPSA) is 83.4 Å². The molecule has 0 aliphatic rings. The Balaban J connectivity index is 1.53. The molecule has 0 bridgehead atoms. The number of aryl methyl sites for hydroxylation is 1. The van der Waals surface area contributed by atoms with Crippen LogP contribution in [0.5, 0.6) is 0 Å². The van der Waals surface area contributed by atoms with Crippen molar-refractivity contribution in [3.8, 4) is 11.4 Å². The lowest BCUT2D eigenvalue weighted by atomic mass is 10.1. The van der Waals surface area contributed by atoms with Crippen molar-refractivity contribution in [2.75, 3.05) is 0 Å². The second-order valence-corrected chi connectivity index (χ2v) is 6.12. The highest BCUT2D eigenvalue weighted by molar-refractivity contribution is 5.92. The Kier molecular flexibility index (Phi) is 2.97. The Bertz CT molecular complexity index is 1200. The van der Waals surface area contributed by atoms with Crippen molar-refractivity contribution in [3.05, 3.63) is 65.9 Å². The molecule has 0 spiro atoms. The van der Waals surface area contributed by atoms with Gasteiger partial charge in [-0.25, -0.2) is 0 Å². The van der Waals surface area contributed by atoms with Gasteiger partial charge >= 0.3 is 0 Å². The van der Waals surface area contributed by atoms with Crippen LogP contribution >= 0.6 is 0 Å². The number of fused-ring (bicyclic) bond motifs is 2. The molecule has 0 radical (unpaired) electrons. The number of rotatable bonds is 3. The van der Waals surface area contributed by atoms with Crippen LogP contribution in [0.4, 0.5) is 0 Å². The van der Waals surface area contributed by atoms with Crippen LogP contribution in [0, 0.1) is 6.92 Å². The molecule has 0 unspecified atom stereocenters. The summed E-state index contributed by atoms with van der Waals surface area (Å²) < 4.78 is 5.48. The van der Waals surface area contributed by atoms with Gasteiger partial charge in [0.2, 0.25) is 11.7 Å². The molecule has 6 nitrogen and oxygen atoms in total. The van der Waals surface area contributed by atoms with Crippen LogP contribution in [-0.4, -0.2) is 25.1 Å². The maximum atomic E-state index is 5.48. The second-order valence-electron chi connectivity index (χ2n) is 6.12. The summed E-state index contributed by atoms with van der Waals surface area (Å²) in [6, 6.07) is 12.1. The lowest BCUT2D eigenvalue weighted by Crippen LogP contribution is -1.89. The van der Waals surface area contributed by atoms with Crippen LogP contribution < -0.4 is 0 Å². The van der Waals surface area contributed by atoms with Gasteiger partial charge in [0.25, 0.3) is 0 Å². The first kappa shape index (κ1) is 14.0. The van der Waals surface area contributed by atoms with Gasteiger partial charge < -0.3 is 14.5 Å². The Morgan fingerprint density at radius 3 is 3.08 bits per heavy atom. The number of pyridine rings is 1. The fraction of sp³-hybridized carbons (Fsp3) is 0.105. The number of hydrogen-bond donors (Lipinski definition) is 2. The molecule has 0 atom stereocenters. The molecular weight excluding hydrogens is 314 g/mol. The summed E-state index contributed by atoms with van der Waals surface area (Å²) in [5.74, 6) is 1.16. The molecule has 0 saturated heterocycles. The van der Waals surface area contributed by atoms with E-state index in [2.05, 4.69) is 37.2 Å². The molecule has 4 aromatic heterocycles. The number of hydrogen-bond acceptors (Lipinski definition) is 4. The van der Waals surface area contributed by atoms with Crippen LogP contribution in [0.3, 0.4) is 0 Å². The molecule has 5 aromatic rings. The van der Waals surface area contributed by atoms with E-state index in [0.717, 1.165) is 38.8 Å². The van der Waals surface area contributed by atoms with Crippen molar-refractivity contribution in [1.29, 1.82) is 0 Å². The van der Waals surface area contributed by atoms with Gasteiger partial charge in [-0.3, -0.25) is 4.98 Å². The Morgan fingerprint density at radius 2 is 2.12 bits per heavy atom. The fourth-order valence-electron chi connectivity index (χ4n) is 3.23. The molecule has 122 valence electrons.